The molecule has 1 aromatic heterocycles. The van der Waals surface area contributed by atoms with Crippen molar-refractivity contribution in [2.45, 2.75) is 13.5 Å². The molecule has 9 heavy (non-hydrogen) atoms. The van der Waals surface area contributed by atoms with E-state index in [0.29, 0.717) is 0 Å². The van der Waals surface area contributed by atoms with E-state index in [4.69, 9.17) is 5.26 Å². The number of aromatic nitrogens is 1. The molecule has 0 bridgehead atoms. The monoisotopic (exact) mass is 120 g/mol. The Kier molecular flexibility index (Phi) is 1.55. The highest BCUT2D eigenvalue weighted by molar-refractivity contribution is 5.21. The molecule has 2 nitrogen and oxygen atoms in total. The molecule has 0 saturated heterocycles. The molecular weight excluding hydrogens is 112 g/mol. The van der Waals surface area contributed by atoms with Gasteiger partial charge in [0.15, 0.2) is 0 Å². The molecule has 1 aromatic rings. The summed E-state index contributed by atoms with van der Waals surface area (Å²) in [7, 11) is 0. The first-order valence-electron chi connectivity index (χ1n) is 2.93. The molecule has 0 saturated carbocycles. The van der Waals surface area contributed by atoms with Gasteiger partial charge in [0.05, 0.1) is 0 Å². The fourth-order valence-electron chi connectivity index (χ4n) is 0.791. The van der Waals surface area contributed by atoms with Gasteiger partial charge in [0.1, 0.15) is 11.8 Å². The maximum atomic E-state index is 8.47. The number of hydrogen-bond acceptors (Lipinski definition) is 1. The lowest BCUT2D eigenvalue weighted by Crippen LogP contribution is -1.93. The minimum Gasteiger partial charge on any atom is -0.340 e. The van der Waals surface area contributed by atoms with Gasteiger partial charge in [-0.1, -0.05) is 0 Å². The molecule has 0 unspecified atom stereocenters. The lowest BCUT2D eigenvalue weighted by molar-refractivity contribution is 0.758. The molecule has 0 spiro atoms. The van der Waals surface area contributed by atoms with Crippen LogP contribution in [0.1, 0.15) is 12.6 Å². The van der Waals surface area contributed by atoms with Crippen molar-refractivity contribution in [3.05, 3.63) is 24.0 Å². The predicted molar refractivity (Wildman–Crippen MR) is 34.8 cm³/mol. The number of rotatable bonds is 1. The Labute approximate surface area is 54.3 Å². The highest BCUT2D eigenvalue weighted by atomic mass is 14.9. The second-order valence-corrected chi connectivity index (χ2v) is 1.79. The highest BCUT2D eigenvalue weighted by Crippen LogP contribution is 1.98. The standard InChI is InChI=1S/C7H8N2/c1-2-9-5-3-4-7(9)6-8/h3-5H,2H2,1H3. The first-order valence-corrected chi connectivity index (χ1v) is 2.93. The first kappa shape index (κ1) is 5.90. The second-order valence-electron chi connectivity index (χ2n) is 1.79. The van der Waals surface area contributed by atoms with Crippen LogP contribution in [0.2, 0.25) is 0 Å². The minimum atomic E-state index is 0.734. The summed E-state index contributed by atoms with van der Waals surface area (Å²) in [6.45, 7) is 2.89. The number of aryl methyl sites for hydroxylation is 1. The summed E-state index contributed by atoms with van der Waals surface area (Å²) in [4.78, 5) is 0. The first-order chi connectivity index (χ1) is 4.38. The topological polar surface area (TPSA) is 28.7 Å². The maximum Gasteiger partial charge on any atom is 0.120 e. The van der Waals surface area contributed by atoms with Gasteiger partial charge < -0.3 is 4.57 Å². The minimum absolute atomic E-state index is 0.734. The molecule has 0 aromatic carbocycles. The Morgan fingerprint density at radius 3 is 3.00 bits per heavy atom. The van der Waals surface area contributed by atoms with Crippen molar-refractivity contribution < 1.29 is 0 Å². The van der Waals surface area contributed by atoms with E-state index < -0.39 is 0 Å². The van der Waals surface area contributed by atoms with Gasteiger partial charge in [0.2, 0.25) is 0 Å². The van der Waals surface area contributed by atoms with Gasteiger partial charge in [0.25, 0.3) is 0 Å². The Morgan fingerprint density at radius 2 is 2.56 bits per heavy atom. The quantitative estimate of drug-likeness (QED) is 0.550. The largest absolute Gasteiger partial charge is 0.340 e. The van der Waals surface area contributed by atoms with Crippen LogP contribution in [-0.2, 0) is 6.54 Å². The smallest absolute Gasteiger partial charge is 0.120 e. The van der Waals surface area contributed by atoms with Crippen LogP contribution >= 0.6 is 0 Å². The van der Waals surface area contributed by atoms with Crippen molar-refractivity contribution in [3.8, 4) is 6.07 Å². The van der Waals surface area contributed by atoms with Gasteiger partial charge in [-0.3, -0.25) is 0 Å². The average molecular weight is 120 g/mol. The van der Waals surface area contributed by atoms with Crippen LogP contribution in [0.15, 0.2) is 18.3 Å². The van der Waals surface area contributed by atoms with Crippen molar-refractivity contribution in [3.63, 3.8) is 0 Å². The van der Waals surface area contributed by atoms with E-state index in [1.165, 1.54) is 0 Å². The van der Waals surface area contributed by atoms with Gasteiger partial charge in [-0.25, -0.2) is 0 Å². The lowest BCUT2D eigenvalue weighted by Gasteiger charge is -1.95. The molecule has 0 aliphatic carbocycles. The van der Waals surface area contributed by atoms with Gasteiger partial charge >= 0.3 is 0 Å². The molecule has 0 fully saturated rings. The summed E-state index contributed by atoms with van der Waals surface area (Å²) in [5.41, 5.74) is 0.734. The third kappa shape index (κ3) is 0.945. The Balaban J connectivity index is 3.02. The molecular formula is C7H8N2. The van der Waals surface area contributed by atoms with Crippen molar-refractivity contribution in [2.75, 3.05) is 0 Å². The van der Waals surface area contributed by atoms with E-state index in [-0.39, 0.29) is 0 Å². The normalized spacial score (nSPS) is 8.89. The van der Waals surface area contributed by atoms with Gasteiger partial charge in [-0.2, -0.15) is 5.26 Å². The maximum absolute atomic E-state index is 8.47. The zero-order chi connectivity index (χ0) is 6.69. The van der Waals surface area contributed by atoms with E-state index in [9.17, 15) is 0 Å². The fourth-order valence-corrected chi connectivity index (χ4v) is 0.791. The van der Waals surface area contributed by atoms with Crippen LogP contribution in [0, 0.1) is 11.3 Å². The third-order valence-corrected chi connectivity index (χ3v) is 1.28. The fraction of sp³-hybridized carbons (Fsp3) is 0.286. The number of nitriles is 1. The van der Waals surface area contributed by atoms with Crippen LogP contribution in [0.3, 0.4) is 0 Å². The van der Waals surface area contributed by atoms with E-state index in [1.807, 2.05) is 29.8 Å². The molecule has 46 valence electrons. The lowest BCUT2D eigenvalue weighted by atomic mass is 10.5. The van der Waals surface area contributed by atoms with Crippen LogP contribution in [-0.4, -0.2) is 4.57 Å². The molecule has 0 aliphatic heterocycles. The van der Waals surface area contributed by atoms with E-state index in [0.717, 1.165) is 12.2 Å². The summed E-state index contributed by atoms with van der Waals surface area (Å²) in [5, 5.41) is 8.47. The van der Waals surface area contributed by atoms with Crippen LogP contribution < -0.4 is 0 Å². The summed E-state index contributed by atoms with van der Waals surface area (Å²) in [5.74, 6) is 0. The van der Waals surface area contributed by atoms with Gasteiger partial charge in [-0.05, 0) is 19.1 Å². The molecule has 0 amide bonds. The average Bonchev–Trinajstić information content (AvgIpc) is 2.33. The summed E-state index contributed by atoms with van der Waals surface area (Å²) in [6.07, 6.45) is 1.90. The van der Waals surface area contributed by atoms with Crippen molar-refractivity contribution >= 4 is 0 Å². The third-order valence-electron chi connectivity index (χ3n) is 1.28. The molecule has 1 heterocycles. The molecule has 0 atom stereocenters. The molecule has 1 rings (SSSR count). The Bertz CT molecular complexity index is 229. The zero-order valence-corrected chi connectivity index (χ0v) is 5.33. The van der Waals surface area contributed by atoms with Crippen LogP contribution in [0.5, 0.6) is 0 Å². The molecule has 0 radical (unpaired) electrons. The summed E-state index contributed by atoms with van der Waals surface area (Å²) in [6, 6.07) is 5.78. The van der Waals surface area contributed by atoms with Crippen molar-refractivity contribution in [1.82, 2.24) is 4.57 Å². The van der Waals surface area contributed by atoms with Crippen LogP contribution in [0.25, 0.3) is 0 Å². The number of nitrogens with zero attached hydrogens (tertiary/aromatic N) is 2. The van der Waals surface area contributed by atoms with E-state index in [2.05, 4.69) is 6.07 Å². The van der Waals surface area contributed by atoms with Gasteiger partial charge in [-0.15, -0.1) is 0 Å². The van der Waals surface area contributed by atoms with E-state index in [1.54, 1.807) is 0 Å². The predicted octanol–water partition coefficient (Wildman–Crippen LogP) is 1.38. The summed E-state index contributed by atoms with van der Waals surface area (Å²) >= 11 is 0. The zero-order valence-electron chi connectivity index (χ0n) is 5.33. The highest BCUT2D eigenvalue weighted by Gasteiger charge is 1.92. The Hall–Kier alpha value is -1.23. The van der Waals surface area contributed by atoms with E-state index >= 15 is 0 Å². The van der Waals surface area contributed by atoms with Crippen LogP contribution in [0.4, 0.5) is 0 Å². The number of hydrogen-bond donors (Lipinski definition) is 0. The molecule has 2 heteroatoms. The SMILES string of the molecule is CCn1cccc1C#N. The molecule has 0 aliphatic rings. The second kappa shape index (κ2) is 2.36. The van der Waals surface area contributed by atoms with Crippen molar-refractivity contribution in [1.29, 1.82) is 5.26 Å². The Morgan fingerprint density at radius 1 is 1.78 bits per heavy atom. The molecule has 0 N–H and O–H groups in total. The van der Waals surface area contributed by atoms with Crippen molar-refractivity contribution in [2.24, 2.45) is 0 Å². The van der Waals surface area contributed by atoms with Gasteiger partial charge in [0, 0.05) is 12.7 Å². The summed E-state index contributed by atoms with van der Waals surface area (Å²) < 4.78 is 1.90.